The van der Waals surface area contributed by atoms with E-state index in [0.717, 1.165) is 37.8 Å². The standard InChI is InChI=1S/C17H22N2O2/c20-17(21)16(15-8-4-3-5-9-15)10-6-1-2-7-12-19-13-11-18-14-19/h3-5,8-9,11,13-14,16H,1-2,6-7,10,12H2,(H,20,21). The van der Waals surface area contributed by atoms with Crippen LogP contribution in [-0.2, 0) is 11.3 Å². The molecule has 0 fully saturated rings. The van der Waals surface area contributed by atoms with Crippen molar-refractivity contribution in [3.05, 3.63) is 54.6 Å². The number of hydrogen-bond donors (Lipinski definition) is 1. The van der Waals surface area contributed by atoms with Gasteiger partial charge in [-0.2, -0.15) is 0 Å². The lowest BCUT2D eigenvalue weighted by Gasteiger charge is -2.12. The van der Waals surface area contributed by atoms with Gasteiger partial charge in [0, 0.05) is 18.9 Å². The number of benzene rings is 1. The molecule has 1 aromatic heterocycles. The summed E-state index contributed by atoms with van der Waals surface area (Å²) in [6, 6.07) is 9.51. The molecular formula is C17H22N2O2. The number of aromatic nitrogens is 2. The number of unbranched alkanes of at least 4 members (excludes halogenated alkanes) is 3. The minimum Gasteiger partial charge on any atom is -0.481 e. The smallest absolute Gasteiger partial charge is 0.310 e. The van der Waals surface area contributed by atoms with Crippen LogP contribution >= 0.6 is 0 Å². The third-order valence-electron chi connectivity index (χ3n) is 3.72. The first kappa shape index (κ1) is 15.3. The molecule has 1 atom stereocenters. The van der Waals surface area contributed by atoms with Gasteiger partial charge in [0.25, 0.3) is 0 Å². The number of carboxylic acid groups (broad SMARTS) is 1. The fourth-order valence-electron chi connectivity index (χ4n) is 2.53. The number of carboxylic acids is 1. The Hall–Kier alpha value is -2.10. The van der Waals surface area contributed by atoms with Crippen LogP contribution in [0.15, 0.2) is 49.1 Å². The van der Waals surface area contributed by atoms with Crippen LogP contribution in [0.3, 0.4) is 0 Å². The second kappa shape index (κ2) is 8.25. The van der Waals surface area contributed by atoms with Gasteiger partial charge < -0.3 is 9.67 Å². The third kappa shape index (κ3) is 5.06. The molecule has 4 nitrogen and oxygen atoms in total. The normalized spacial score (nSPS) is 12.2. The van der Waals surface area contributed by atoms with Gasteiger partial charge in [-0.15, -0.1) is 0 Å². The second-order valence-electron chi connectivity index (χ2n) is 5.30. The van der Waals surface area contributed by atoms with E-state index in [-0.39, 0.29) is 5.92 Å². The molecule has 0 aliphatic rings. The molecule has 2 rings (SSSR count). The Morgan fingerprint density at radius 2 is 1.90 bits per heavy atom. The average molecular weight is 286 g/mol. The van der Waals surface area contributed by atoms with E-state index < -0.39 is 5.97 Å². The van der Waals surface area contributed by atoms with Gasteiger partial charge in [-0.25, -0.2) is 4.98 Å². The molecule has 1 N–H and O–H groups in total. The van der Waals surface area contributed by atoms with E-state index in [1.807, 2.05) is 42.9 Å². The summed E-state index contributed by atoms with van der Waals surface area (Å²) in [4.78, 5) is 15.4. The van der Waals surface area contributed by atoms with Gasteiger partial charge in [0.15, 0.2) is 0 Å². The van der Waals surface area contributed by atoms with Crippen molar-refractivity contribution in [1.29, 1.82) is 0 Å². The molecule has 0 bridgehead atoms. The number of aliphatic carboxylic acids is 1. The zero-order valence-corrected chi connectivity index (χ0v) is 12.2. The van der Waals surface area contributed by atoms with Crippen molar-refractivity contribution in [2.75, 3.05) is 0 Å². The summed E-state index contributed by atoms with van der Waals surface area (Å²) in [6.07, 6.45) is 10.6. The highest BCUT2D eigenvalue weighted by Gasteiger charge is 2.18. The lowest BCUT2D eigenvalue weighted by molar-refractivity contribution is -0.139. The Morgan fingerprint density at radius 3 is 2.57 bits per heavy atom. The van der Waals surface area contributed by atoms with Crippen LogP contribution in [0.25, 0.3) is 0 Å². The Morgan fingerprint density at radius 1 is 1.14 bits per heavy atom. The second-order valence-corrected chi connectivity index (χ2v) is 5.30. The fraction of sp³-hybridized carbons (Fsp3) is 0.412. The summed E-state index contributed by atoms with van der Waals surface area (Å²) < 4.78 is 2.07. The lowest BCUT2D eigenvalue weighted by atomic mass is 9.93. The number of nitrogens with zero attached hydrogens (tertiary/aromatic N) is 2. The molecule has 0 spiro atoms. The van der Waals surface area contributed by atoms with Crippen molar-refractivity contribution in [2.45, 2.75) is 44.6 Å². The van der Waals surface area contributed by atoms with Gasteiger partial charge in [-0.3, -0.25) is 4.79 Å². The summed E-state index contributed by atoms with van der Waals surface area (Å²) in [6.45, 7) is 0.987. The summed E-state index contributed by atoms with van der Waals surface area (Å²) in [5.74, 6) is -1.10. The molecule has 1 aromatic carbocycles. The molecule has 1 heterocycles. The Kier molecular flexibility index (Phi) is 6.00. The van der Waals surface area contributed by atoms with Gasteiger partial charge in [-0.1, -0.05) is 49.6 Å². The molecular weight excluding hydrogens is 264 g/mol. The molecule has 2 aromatic rings. The van der Waals surface area contributed by atoms with E-state index in [4.69, 9.17) is 0 Å². The van der Waals surface area contributed by atoms with Gasteiger partial charge in [0.05, 0.1) is 12.2 Å². The zero-order chi connectivity index (χ0) is 14.9. The van der Waals surface area contributed by atoms with Crippen LogP contribution < -0.4 is 0 Å². The van der Waals surface area contributed by atoms with Crippen LogP contribution in [0.5, 0.6) is 0 Å². The van der Waals surface area contributed by atoms with E-state index >= 15 is 0 Å². The lowest BCUT2D eigenvalue weighted by Crippen LogP contribution is -2.11. The number of hydrogen-bond acceptors (Lipinski definition) is 2. The molecule has 4 heteroatoms. The molecule has 112 valence electrons. The first-order valence-corrected chi connectivity index (χ1v) is 7.51. The van der Waals surface area contributed by atoms with Crippen molar-refractivity contribution in [2.24, 2.45) is 0 Å². The van der Waals surface area contributed by atoms with E-state index in [1.54, 1.807) is 6.20 Å². The topological polar surface area (TPSA) is 55.1 Å². The Labute approximate surface area is 125 Å². The van der Waals surface area contributed by atoms with Crippen LogP contribution in [0, 0.1) is 0 Å². The maximum absolute atomic E-state index is 11.4. The molecule has 0 amide bonds. The number of aryl methyl sites for hydroxylation is 1. The zero-order valence-electron chi connectivity index (χ0n) is 12.2. The van der Waals surface area contributed by atoms with Gasteiger partial charge in [0.1, 0.15) is 0 Å². The largest absolute Gasteiger partial charge is 0.481 e. The molecule has 0 radical (unpaired) electrons. The molecule has 0 saturated heterocycles. The van der Waals surface area contributed by atoms with Crippen molar-refractivity contribution in [3.63, 3.8) is 0 Å². The SMILES string of the molecule is O=C(O)C(CCCCCCn1ccnc1)c1ccccc1. The van der Waals surface area contributed by atoms with E-state index in [1.165, 1.54) is 0 Å². The monoisotopic (exact) mass is 286 g/mol. The summed E-state index contributed by atoms with van der Waals surface area (Å²) in [5.41, 5.74) is 0.906. The fourth-order valence-corrected chi connectivity index (χ4v) is 2.53. The van der Waals surface area contributed by atoms with E-state index in [9.17, 15) is 9.90 Å². The molecule has 0 saturated carbocycles. The van der Waals surface area contributed by atoms with Crippen LogP contribution in [-0.4, -0.2) is 20.6 Å². The first-order valence-electron chi connectivity index (χ1n) is 7.51. The Bertz CT molecular complexity index is 523. The average Bonchev–Trinajstić information content (AvgIpc) is 3.00. The maximum Gasteiger partial charge on any atom is 0.310 e. The number of carbonyl (C=O) groups is 1. The minimum absolute atomic E-state index is 0.375. The van der Waals surface area contributed by atoms with Crippen LogP contribution in [0.2, 0.25) is 0 Å². The van der Waals surface area contributed by atoms with Gasteiger partial charge in [-0.05, 0) is 18.4 Å². The molecule has 0 aliphatic carbocycles. The minimum atomic E-state index is -0.723. The predicted octanol–water partition coefficient (Wildman–Crippen LogP) is 3.70. The summed E-state index contributed by atoms with van der Waals surface area (Å²) in [7, 11) is 0. The third-order valence-corrected chi connectivity index (χ3v) is 3.72. The highest BCUT2D eigenvalue weighted by molar-refractivity contribution is 5.75. The van der Waals surface area contributed by atoms with Crippen LogP contribution in [0.4, 0.5) is 0 Å². The molecule has 0 aliphatic heterocycles. The van der Waals surface area contributed by atoms with Crippen molar-refractivity contribution < 1.29 is 9.90 Å². The van der Waals surface area contributed by atoms with E-state index in [0.29, 0.717) is 6.42 Å². The number of rotatable bonds is 9. The number of imidazole rings is 1. The van der Waals surface area contributed by atoms with Gasteiger partial charge >= 0.3 is 5.97 Å². The first-order chi connectivity index (χ1) is 10.3. The van der Waals surface area contributed by atoms with Crippen molar-refractivity contribution in [1.82, 2.24) is 9.55 Å². The Balaban J connectivity index is 1.67. The quantitative estimate of drug-likeness (QED) is 0.715. The highest BCUT2D eigenvalue weighted by atomic mass is 16.4. The van der Waals surface area contributed by atoms with Crippen LogP contribution in [0.1, 0.15) is 43.6 Å². The van der Waals surface area contributed by atoms with Crippen molar-refractivity contribution in [3.8, 4) is 0 Å². The molecule has 1 unspecified atom stereocenters. The van der Waals surface area contributed by atoms with E-state index in [2.05, 4.69) is 9.55 Å². The maximum atomic E-state index is 11.4. The van der Waals surface area contributed by atoms with Gasteiger partial charge in [0.2, 0.25) is 0 Å². The predicted molar refractivity (Wildman–Crippen MR) is 82.1 cm³/mol. The van der Waals surface area contributed by atoms with Crippen molar-refractivity contribution >= 4 is 5.97 Å². The highest BCUT2D eigenvalue weighted by Crippen LogP contribution is 2.22. The summed E-state index contributed by atoms with van der Waals surface area (Å²) >= 11 is 0. The summed E-state index contributed by atoms with van der Waals surface area (Å²) in [5, 5.41) is 9.34. The molecule has 21 heavy (non-hydrogen) atoms.